The number of imide groups is 2. The monoisotopic (exact) mass is 712 g/mol. The Labute approximate surface area is 306 Å². The van der Waals surface area contributed by atoms with Crippen LogP contribution in [0.5, 0.6) is 11.5 Å². The van der Waals surface area contributed by atoms with Crippen molar-refractivity contribution in [2.75, 3.05) is 9.80 Å². The minimum absolute atomic E-state index is 0.00750. The molecule has 0 spiro atoms. The fourth-order valence-corrected chi connectivity index (χ4v) is 6.20. The number of anilines is 2. The fourth-order valence-electron chi connectivity index (χ4n) is 6.20. The Kier molecular flexibility index (Phi) is 8.28. The van der Waals surface area contributed by atoms with Crippen molar-refractivity contribution in [1.29, 1.82) is 0 Å². The molecule has 0 fully saturated rings. The number of amides is 4. The third kappa shape index (κ3) is 5.91. The molecule has 6 aromatic rings. The first-order valence-corrected chi connectivity index (χ1v) is 16.5. The maximum atomic E-state index is 13.7. The molecule has 2 heterocycles. The van der Waals surface area contributed by atoms with Gasteiger partial charge in [-0.1, -0.05) is 48.5 Å². The van der Waals surface area contributed by atoms with Crippen LogP contribution in [0, 0.1) is 0 Å². The number of carbonyl (C=O) groups is 7. The Morgan fingerprint density at radius 3 is 1.07 bits per heavy atom. The number of nitrogens with zero attached hydrogens (tertiary/aromatic N) is 2. The van der Waals surface area contributed by atoms with Gasteiger partial charge < -0.3 is 9.47 Å². The lowest BCUT2D eigenvalue weighted by Gasteiger charge is -2.14. The zero-order valence-corrected chi connectivity index (χ0v) is 27.9. The van der Waals surface area contributed by atoms with E-state index in [1.54, 1.807) is 60.7 Å². The van der Waals surface area contributed by atoms with E-state index in [0.717, 1.165) is 9.80 Å². The van der Waals surface area contributed by atoms with Gasteiger partial charge in [0.15, 0.2) is 5.78 Å². The highest BCUT2D eigenvalue weighted by Crippen LogP contribution is 2.32. The molecule has 0 radical (unpaired) electrons. The number of hydrogen-bond acceptors (Lipinski definition) is 9. The molecule has 6 aromatic carbocycles. The van der Waals surface area contributed by atoms with Gasteiger partial charge in [0.2, 0.25) is 0 Å². The van der Waals surface area contributed by atoms with Gasteiger partial charge in [0, 0.05) is 11.1 Å². The van der Waals surface area contributed by atoms with E-state index in [0.29, 0.717) is 11.5 Å². The Bertz CT molecular complexity index is 2390. The summed E-state index contributed by atoms with van der Waals surface area (Å²) in [4.78, 5) is 94.4. The molecule has 54 heavy (non-hydrogen) atoms. The fraction of sp³-hybridized carbons (Fsp3) is 0. The summed E-state index contributed by atoms with van der Waals surface area (Å²) in [6, 6.07) is 36.9. The zero-order valence-electron chi connectivity index (χ0n) is 27.9. The number of ether oxygens (including phenoxy) is 2. The van der Waals surface area contributed by atoms with Crippen molar-refractivity contribution < 1.29 is 43.0 Å². The topological polar surface area (TPSA) is 144 Å². The van der Waals surface area contributed by atoms with Gasteiger partial charge in [-0.3, -0.25) is 24.0 Å². The van der Waals surface area contributed by atoms with Gasteiger partial charge >= 0.3 is 11.9 Å². The summed E-state index contributed by atoms with van der Waals surface area (Å²) in [6.45, 7) is 0. The molecular formula is C43H24N2O9. The van der Waals surface area contributed by atoms with Crippen LogP contribution in [0.1, 0.15) is 78.1 Å². The molecule has 0 unspecified atom stereocenters. The highest BCUT2D eigenvalue weighted by Gasteiger charge is 2.39. The Balaban J connectivity index is 0.977. The Morgan fingerprint density at radius 2 is 0.704 bits per heavy atom. The molecule has 11 heteroatoms. The van der Waals surface area contributed by atoms with Crippen molar-refractivity contribution in [2.24, 2.45) is 0 Å². The summed E-state index contributed by atoms with van der Waals surface area (Å²) < 4.78 is 10.7. The summed E-state index contributed by atoms with van der Waals surface area (Å²) in [5, 5.41) is 0. The van der Waals surface area contributed by atoms with Crippen molar-refractivity contribution in [3.8, 4) is 11.5 Å². The molecule has 0 atom stereocenters. The van der Waals surface area contributed by atoms with E-state index in [1.807, 2.05) is 0 Å². The van der Waals surface area contributed by atoms with Crippen LogP contribution < -0.4 is 19.3 Å². The quantitative estimate of drug-likeness (QED) is 0.0708. The summed E-state index contributed by atoms with van der Waals surface area (Å²) in [7, 11) is 0. The van der Waals surface area contributed by atoms with Crippen LogP contribution in [0.15, 0.2) is 146 Å². The van der Waals surface area contributed by atoms with E-state index in [9.17, 15) is 33.6 Å². The van der Waals surface area contributed by atoms with Crippen LogP contribution in [-0.4, -0.2) is 41.4 Å². The molecule has 2 aliphatic rings. The van der Waals surface area contributed by atoms with Gasteiger partial charge in [-0.2, -0.15) is 0 Å². The molecule has 2 aliphatic heterocycles. The average molecular weight is 713 g/mol. The maximum Gasteiger partial charge on any atom is 0.343 e. The maximum absolute atomic E-state index is 13.7. The lowest BCUT2D eigenvalue weighted by Crippen LogP contribution is -2.29. The molecule has 260 valence electrons. The van der Waals surface area contributed by atoms with Crippen molar-refractivity contribution >= 4 is 52.7 Å². The third-order valence-electron chi connectivity index (χ3n) is 8.93. The standard InChI is InChI=1S/C43H24N2O9/c46-37(27-15-21-33-35(23-27)40(49)44(38(33)47)29-17-11-25(12-18-29)42(51)53-31-7-3-1-4-8-31)28-16-22-34-36(24-28)41(50)45(39(34)48)30-19-13-26(14-20-30)43(52)54-32-9-5-2-6-10-32/h1-24H. The van der Waals surface area contributed by atoms with Crippen LogP contribution in [-0.2, 0) is 0 Å². The number of carbonyl (C=O) groups excluding carboxylic acids is 7. The second-order valence-electron chi connectivity index (χ2n) is 12.2. The molecule has 11 nitrogen and oxygen atoms in total. The highest BCUT2D eigenvalue weighted by atomic mass is 16.5. The number of hydrogen-bond donors (Lipinski definition) is 0. The lowest BCUT2D eigenvalue weighted by molar-refractivity contribution is 0.0725. The average Bonchev–Trinajstić information content (AvgIpc) is 3.61. The van der Waals surface area contributed by atoms with E-state index in [4.69, 9.17) is 9.47 Å². The van der Waals surface area contributed by atoms with Gasteiger partial charge in [-0.15, -0.1) is 0 Å². The molecule has 8 rings (SSSR count). The Hall–Kier alpha value is -7.79. The van der Waals surface area contributed by atoms with Gasteiger partial charge in [0.25, 0.3) is 23.6 Å². The third-order valence-corrected chi connectivity index (χ3v) is 8.93. The molecule has 0 N–H and O–H groups in total. The predicted molar refractivity (Wildman–Crippen MR) is 194 cm³/mol. The SMILES string of the molecule is O=C(Oc1ccccc1)c1ccc(N2C(=O)c3ccc(C(=O)c4ccc5c(c4)C(=O)N(c4ccc(C(=O)Oc6ccccc6)cc4)C5=O)cc3C2=O)cc1. The minimum atomic E-state index is -0.658. The molecule has 0 bridgehead atoms. The van der Waals surface area contributed by atoms with Crippen molar-refractivity contribution in [2.45, 2.75) is 0 Å². The second-order valence-corrected chi connectivity index (χ2v) is 12.2. The number of fused-ring (bicyclic) bond motifs is 2. The van der Waals surface area contributed by atoms with Crippen LogP contribution in [0.3, 0.4) is 0 Å². The number of ketones is 1. The van der Waals surface area contributed by atoms with E-state index in [2.05, 4.69) is 0 Å². The van der Waals surface area contributed by atoms with E-state index < -0.39 is 41.4 Å². The first-order valence-electron chi connectivity index (χ1n) is 16.5. The summed E-state index contributed by atoms with van der Waals surface area (Å²) in [5.74, 6) is -3.55. The smallest absolute Gasteiger partial charge is 0.343 e. The molecule has 0 saturated heterocycles. The number of rotatable bonds is 8. The van der Waals surface area contributed by atoms with E-state index in [1.165, 1.54) is 84.9 Å². The van der Waals surface area contributed by atoms with Gasteiger partial charge in [-0.05, 0) is 97.1 Å². The molecule has 0 saturated carbocycles. The molecule has 0 aliphatic carbocycles. The largest absolute Gasteiger partial charge is 0.423 e. The van der Waals surface area contributed by atoms with Gasteiger partial charge in [0.05, 0.1) is 44.8 Å². The first kappa shape index (κ1) is 33.4. The Morgan fingerprint density at radius 1 is 0.370 bits per heavy atom. The molecule has 4 amide bonds. The zero-order chi connectivity index (χ0) is 37.5. The molecular weight excluding hydrogens is 688 g/mol. The van der Waals surface area contributed by atoms with Crippen LogP contribution in [0.4, 0.5) is 11.4 Å². The van der Waals surface area contributed by atoms with Crippen LogP contribution in [0.2, 0.25) is 0 Å². The second kappa shape index (κ2) is 13.4. The van der Waals surface area contributed by atoms with Gasteiger partial charge in [-0.25, -0.2) is 19.4 Å². The number of esters is 2. The predicted octanol–water partition coefficient (Wildman–Crippen LogP) is 6.96. The summed E-state index contributed by atoms with van der Waals surface area (Å²) >= 11 is 0. The summed E-state index contributed by atoms with van der Waals surface area (Å²) in [6.07, 6.45) is 0. The van der Waals surface area contributed by atoms with Gasteiger partial charge in [0.1, 0.15) is 11.5 Å². The van der Waals surface area contributed by atoms with Crippen molar-refractivity contribution in [3.05, 3.63) is 190 Å². The van der Waals surface area contributed by atoms with E-state index in [-0.39, 0.29) is 55.9 Å². The number of benzene rings is 6. The van der Waals surface area contributed by atoms with Crippen molar-refractivity contribution in [3.63, 3.8) is 0 Å². The molecule has 0 aromatic heterocycles. The van der Waals surface area contributed by atoms with E-state index >= 15 is 0 Å². The van der Waals surface area contributed by atoms with Crippen LogP contribution in [0.25, 0.3) is 0 Å². The highest BCUT2D eigenvalue weighted by molar-refractivity contribution is 6.36. The minimum Gasteiger partial charge on any atom is -0.423 e. The number of para-hydroxylation sites is 2. The van der Waals surface area contributed by atoms with Crippen LogP contribution >= 0.6 is 0 Å². The first-order chi connectivity index (χ1) is 26.2. The van der Waals surface area contributed by atoms with Crippen molar-refractivity contribution in [1.82, 2.24) is 0 Å². The lowest BCUT2D eigenvalue weighted by atomic mass is 9.96. The summed E-state index contributed by atoms with van der Waals surface area (Å²) in [5.41, 5.74) is 1.23. The normalized spacial score (nSPS) is 13.1.